The van der Waals surface area contributed by atoms with Gasteiger partial charge in [0.1, 0.15) is 0 Å². The summed E-state index contributed by atoms with van der Waals surface area (Å²) in [7, 11) is 0. The second kappa shape index (κ2) is 5.76. The quantitative estimate of drug-likeness (QED) is 0.867. The lowest BCUT2D eigenvalue weighted by Crippen LogP contribution is -2.49. The van der Waals surface area contributed by atoms with E-state index in [0.29, 0.717) is 5.56 Å². The van der Waals surface area contributed by atoms with E-state index in [1.54, 1.807) is 6.07 Å². The smallest absolute Gasteiger partial charge is 0.163 e. The van der Waals surface area contributed by atoms with Crippen molar-refractivity contribution in [3.05, 3.63) is 35.4 Å². The molecule has 0 atom stereocenters. The van der Waals surface area contributed by atoms with Crippen LogP contribution in [0, 0.1) is 11.6 Å². The molecule has 18 heavy (non-hydrogen) atoms. The topological polar surface area (TPSA) is 32.3 Å². The lowest BCUT2D eigenvalue weighted by Gasteiger charge is -2.36. The molecule has 1 aliphatic rings. The van der Waals surface area contributed by atoms with Gasteiger partial charge in [0.2, 0.25) is 0 Å². The second-order valence-electron chi connectivity index (χ2n) is 5.07. The third-order valence-corrected chi connectivity index (χ3v) is 3.80. The van der Waals surface area contributed by atoms with Crippen molar-refractivity contribution in [2.24, 2.45) is 0 Å². The molecular formula is C14H19F2NO. The van der Waals surface area contributed by atoms with Crippen LogP contribution in [0.4, 0.5) is 8.78 Å². The summed E-state index contributed by atoms with van der Waals surface area (Å²) < 4.78 is 26.6. The summed E-state index contributed by atoms with van der Waals surface area (Å²) in [4.78, 5) is 0. The van der Waals surface area contributed by atoms with Crippen molar-refractivity contribution in [3.63, 3.8) is 0 Å². The number of hydrogen-bond donors (Lipinski definition) is 2. The number of rotatable bonds is 4. The van der Waals surface area contributed by atoms with Crippen LogP contribution in [0.1, 0.15) is 37.7 Å². The number of aliphatic hydroxyl groups is 1. The van der Waals surface area contributed by atoms with Gasteiger partial charge in [0.25, 0.3) is 0 Å². The van der Waals surface area contributed by atoms with Crippen molar-refractivity contribution in [1.82, 2.24) is 5.32 Å². The number of aliphatic hydroxyl groups excluding tert-OH is 1. The second-order valence-corrected chi connectivity index (χ2v) is 5.07. The summed E-state index contributed by atoms with van der Waals surface area (Å²) in [6.07, 6.45) is 5.09. The SMILES string of the molecule is OCC1(NCc2cccc(F)c2F)CCCCC1. The average Bonchev–Trinajstić information content (AvgIpc) is 2.41. The van der Waals surface area contributed by atoms with Crippen LogP contribution in [-0.4, -0.2) is 17.3 Å². The van der Waals surface area contributed by atoms with Gasteiger partial charge < -0.3 is 10.4 Å². The lowest BCUT2D eigenvalue weighted by molar-refractivity contribution is 0.119. The van der Waals surface area contributed by atoms with Crippen LogP contribution >= 0.6 is 0 Å². The van der Waals surface area contributed by atoms with Crippen LogP contribution in [0.5, 0.6) is 0 Å². The first-order valence-electron chi connectivity index (χ1n) is 6.46. The van der Waals surface area contributed by atoms with E-state index in [1.807, 2.05) is 0 Å². The Labute approximate surface area is 106 Å². The fourth-order valence-corrected chi connectivity index (χ4v) is 2.59. The monoisotopic (exact) mass is 255 g/mol. The average molecular weight is 255 g/mol. The number of halogens is 2. The fourth-order valence-electron chi connectivity index (χ4n) is 2.59. The Morgan fingerprint density at radius 3 is 2.56 bits per heavy atom. The lowest BCUT2D eigenvalue weighted by atomic mass is 9.82. The number of benzene rings is 1. The van der Waals surface area contributed by atoms with Crippen LogP contribution in [-0.2, 0) is 6.54 Å². The van der Waals surface area contributed by atoms with Crippen molar-refractivity contribution < 1.29 is 13.9 Å². The molecule has 100 valence electrons. The molecule has 1 fully saturated rings. The van der Waals surface area contributed by atoms with Crippen molar-refractivity contribution in [2.45, 2.75) is 44.2 Å². The molecule has 0 aliphatic heterocycles. The predicted molar refractivity (Wildman–Crippen MR) is 66.1 cm³/mol. The van der Waals surface area contributed by atoms with Crippen molar-refractivity contribution >= 4 is 0 Å². The van der Waals surface area contributed by atoms with Crippen LogP contribution in [0.15, 0.2) is 18.2 Å². The minimum absolute atomic E-state index is 0.0456. The minimum atomic E-state index is -0.823. The predicted octanol–water partition coefficient (Wildman–Crippen LogP) is 2.75. The minimum Gasteiger partial charge on any atom is -0.394 e. The summed E-state index contributed by atoms with van der Waals surface area (Å²) in [5.41, 5.74) is -0.00908. The Bertz CT molecular complexity index is 403. The first-order chi connectivity index (χ1) is 8.67. The first kappa shape index (κ1) is 13.4. The third kappa shape index (κ3) is 2.87. The molecule has 0 spiro atoms. The van der Waals surface area contributed by atoms with E-state index in [1.165, 1.54) is 12.5 Å². The van der Waals surface area contributed by atoms with Crippen LogP contribution in [0.2, 0.25) is 0 Å². The van der Waals surface area contributed by atoms with E-state index in [4.69, 9.17) is 0 Å². The third-order valence-electron chi connectivity index (χ3n) is 3.80. The van der Waals surface area contributed by atoms with E-state index >= 15 is 0 Å². The van der Waals surface area contributed by atoms with Crippen LogP contribution in [0.25, 0.3) is 0 Å². The highest BCUT2D eigenvalue weighted by atomic mass is 19.2. The zero-order valence-electron chi connectivity index (χ0n) is 10.4. The maximum absolute atomic E-state index is 13.5. The molecule has 0 amide bonds. The van der Waals surface area contributed by atoms with Gasteiger partial charge in [0.15, 0.2) is 11.6 Å². The van der Waals surface area contributed by atoms with Crippen molar-refractivity contribution in [2.75, 3.05) is 6.61 Å². The van der Waals surface area contributed by atoms with Crippen LogP contribution in [0.3, 0.4) is 0 Å². The largest absolute Gasteiger partial charge is 0.394 e. The summed E-state index contributed by atoms with van der Waals surface area (Å²) in [6, 6.07) is 4.18. The maximum atomic E-state index is 13.5. The Balaban J connectivity index is 2.03. The zero-order chi connectivity index (χ0) is 13.0. The summed E-state index contributed by atoms with van der Waals surface area (Å²) >= 11 is 0. The molecule has 0 unspecified atom stereocenters. The highest BCUT2D eigenvalue weighted by Gasteiger charge is 2.30. The summed E-state index contributed by atoms with van der Waals surface area (Å²) in [6.45, 7) is 0.300. The van der Waals surface area contributed by atoms with E-state index in [0.717, 1.165) is 31.7 Å². The molecule has 0 radical (unpaired) electrons. The Morgan fingerprint density at radius 1 is 1.17 bits per heavy atom. The van der Waals surface area contributed by atoms with E-state index in [2.05, 4.69) is 5.32 Å². The van der Waals surface area contributed by atoms with Gasteiger partial charge in [-0.1, -0.05) is 31.4 Å². The maximum Gasteiger partial charge on any atom is 0.163 e. The molecule has 1 aromatic carbocycles. The summed E-state index contributed by atoms with van der Waals surface area (Å²) in [5.74, 6) is -1.62. The van der Waals surface area contributed by atoms with Crippen LogP contribution < -0.4 is 5.32 Å². The standard InChI is InChI=1S/C14H19F2NO/c15-12-6-4-5-11(13(12)16)9-17-14(10-18)7-2-1-3-8-14/h4-6,17-18H,1-3,7-10H2. The van der Waals surface area contributed by atoms with Gasteiger partial charge in [0, 0.05) is 17.6 Å². The Hall–Kier alpha value is -1.00. The normalized spacial score (nSPS) is 18.8. The van der Waals surface area contributed by atoms with Gasteiger partial charge in [-0.15, -0.1) is 0 Å². The molecule has 1 aromatic rings. The molecule has 1 aliphatic carbocycles. The fraction of sp³-hybridized carbons (Fsp3) is 0.571. The summed E-state index contributed by atoms with van der Waals surface area (Å²) in [5, 5.41) is 12.7. The molecule has 4 heteroatoms. The van der Waals surface area contributed by atoms with E-state index < -0.39 is 11.6 Å². The Morgan fingerprint density at radius 2 is 1.89 bits per heavy atom. The molecule has 2 N–H and O–H groups in total. The molecule has 2 nitrogen and oxygen atoms in total. The molecule has 0 aromatic heterocycles. The molecule has 1 saturated carbocycles. The Kier molecular flexibility index (Phi) is 4.30. The van der Waals surface area contributed by atoms with Gasteiger partial charge in [-0.3, -0.25) is 0 Å². The van der Waals surface area contributed by atoms with Gasteiger partial charge in [0.05, 0.1) is 6.61 Å². The molecule has 0 saturated heterocycles. The van der Waals surface area contributed by atoms with Crippen molar-refractivity contribution in [1.29, 1.82) is 0 Å². The van der Waals surface area contributed by atoms with Crippen molar-refractivity contribution in [3.8, 4) is 0 Å². The highest BCUT2D eigenvalue weighted by Crippen LogP contribution is 2.28. The number of nitrogens with one attached hydrogen (secondary N) is 1. The number of hydrogen-bond acceptors (Lipinski definition) is 2. The zero-order valence-corrected chi connectivity index (χ0v) is 10.4. The highest BCUT2D eigenvalue weighted by molar-refractivity contribution is 5.19. The van der Waals surface area contributed by atoms with Gasteiger partial charge >= 0.3 is 0 Å². The van der Waals surface area contributed by atoms with Gasteiger partial charge in [-0.05, 0) is 18.9 Å². The molecule has 0 heterocycles. The van der Waals surface area contributed by atoms with Gasteiger partial charge in [-0.25, -0.2) is 8.78 Å². The molecule has 2 rings (SSSR count). The first-order valence-corrected chi connectivity index (χ1v) is 6.46. The van der Waals surface area contributed by atoms with E-state index in [9.17, 15) is 13.9 Å². The van der Waals surface area contributed by atoms with Gasteiger partial charge in [-0.2, -0.15) is 0 Å². The molecule has 0 bridgehead atoms. The molecular weight excluding hydrogens is 236 g/mol. The van der Waals surface area contributed by atoms with E-state index in [-0.39, 0.29) is 18.7 Å².